The summed E-state index contributed by atoms with van der Waals surface area (Å²) in [7, 11) is 0. The quantitative estimate of drug-likeness (QED) is 0.730. The molecular weight excluding hydrogens is 288 g/mol. The minimum Gasteiger partial charge on any atom is -0.438 e. The lowest BCUT2D eigenvalue weighted by Gasteiger charge is -2.11. The van der Waals surface area contributed by atoms with Crippen LogP contribution in [-0.4, -0.2) is 9.38 Å². The van der Waals surface area contributed by atoms with E-state index in [0.717, 1.165) is 11.1 Å². The van der Waals surface area contributed by atoms with Gasteiger partial charge in [-0.2, -0.15) is 4.98 Å². The number of aryl methyl sites for hydroxylation is 2. The lowest BCUT2D eigenvalue weighted by atomic mass is 10.2. The zero-order valence-corrected chi connectivity index (χ0v) is 13.4. The molecule has 3 aromatic rings. The predicted molar refractivity (Wildman–Crippen MR) is 92.2 cm³/mol. The van der Waals surface area contributed by atoms with Gasteiger partial charge in [-0.25, -0.2) is 0 Å². The van der Waals surface area contributed by atoms with Crippen LogP contribution in [0.1, 0.15) is 23.6 Å². The van der Waals surface area contributed by atoms with Crippen LogP contribution in [0.2, 0.25) is 0 Å². The smallest absolute Gasteiger partial charge is 0.269 e. The molecule has 0 radical (unpaired) electrons. The maximum Gasteiger partial charge on any atom is 0.269 e. The van der Waals surface area contributed by atoms with E-state index in [2.05, 4.69) is 4.98 Å². The number of fused-ring (bicyclic) bond motifs is 1. The summed E-state index contributed by atoms with van der Waals surface area (Å²) in [5.41, 5.74) is 2.92. The molecule has 0 spiro atoms. The molecule has 0 bridgehead atoms. The summed E-state index contributed by atoms with van der Waals surface area (Å²) < 4.78 is 7.46. The fourth-order valence-corrected chi connectivity index (χ4v) is 2.47. The van der Waals surface area contributed by atoms with Crippen LogP contribution in [-0.2, 0) is 0 Å². The molecule has 3 rings (SSSR count). The summed E-state index contributed by atoms with van der Waals surface area (Å²) in [5.74, 6) is 0.994. The highest BCUT2D eigenvalue weighted by atomic mass is 16.5. The molecule has 0 atom stereocenters. The van der Waals surface area contributed by atoms with Gasteiger partial charge in [0, 0.05) is 6.20 Å². The van der Waals surface area contributed by atoms with Gasteiger partial charge in [0.05, 0.1) is 0 Å². The molecule has 23 heavy (non-hydrogen) atoms. The topological polar surface area (TPSA) is 43.6 Å². The Morgan fingerprint density at radius 3 is 2.74 bits per heavy atom. The van der Waals surface area contributed by atoms with Crippen molar-refractivity contribution in [3.63, 3.8) is 0 Å². The van der Waals surface area contributed by atoms with Gasteiger partial charge in [0.25, 0.3) is 5.56 Å². The molecule has 4 nitrogen and oxygen atoms in total. The molecule has 0 N–H and O–H groups in total. The first-order valence-corrected chi connectivity index (χ1v) is 7.49. The zero-order valence-electron chi connectivity index (χ0n) is 13.4. The van der Waals surface area contributed by atoms with Gasteiger partial charge in [-0.15, -0.1) is 0 Å². The molecule has 2 aromatic heterocycles. The normalized spacial score (nSPS) is 11.3. The van der Waals surface area contributed by atoms with E-state index in [9.17, 15) is 4.79 Å². The maximum absolute atomic E-state index is 12.7. The molecule has 0 saturated carbocycles. The Kier molecular flexibility index (Phi) is 3.98. The number of hydrogen-bond acceptors (Lipinski definition) is 3. The summed E-state index contributed by atoms with van der Waals surface area (Å²) in [6.45, 7) is 5.78. The lowest BCUT2D eigenvalue weighted by Crippen LogP contribution is -2.19. The molecule has 0 unspecified atom stereocenters. The van der Waals surface area contributed by atoms with Gasteiger partial charge in [0.1, 0.15) is 17.0 Å². The van der Waals surface area contributed by atoms with Crippen molar-refractivity contribution in [3.8, 4) is 11.6 Å². The lowest BCUT2D eigenvalue weighted by molar-refractivity contribution is 0.460. The van der Waals surface area contributed by atoms with Crippen molar-refractivity contribution >= 4 is 11.7 Å². The zero-order chi connectivity index (χ0) is 16.4. The average Bonchev–Trinajstić information content (AvgIpc) is 2.52. The fourth-order valence-electron chi connectivity index (χ4n) is 2.47. The Bertz CT molecular complexity index is 955. The van der Waals surface area contributed by atoms with E-state index in [1.807, 2.05) is 63.2 Å². The van der Waals surface area contributed by atoms with Gasteiger partial charge < -0.3 is 4.74 Å². The summed E-state index contributed by atoms with van der Waals surface area (Å²) >= 11 is 0. The molecule has 0 saturated heterocycles. The van der Waals surface area contributed by atoms with Crippen molar-refractivity contribution < 1.29 is 4.74 Å². The van der Waals surface area contributed by atoms with Crippen molar-refractivity contribution in [3.05, 3.63) is 75.7 Å². The van der Waals surface area contributed by atoms with E-state index < -0.39 is 0 Å². The monoisotopic (exact) mass is 306 g/mol. The number of pyridine rings is 1. The second kappa shape index (κ2) is 6.08. The highest BCUT2D eigenvalue weighted by Crippen LogP contribution is 2.24. The van der Waals surface area contributed by atoms with Gasteiger partial charge >= 0.3 is 0 Å². The number of benzene rings is 1. The molecule has 0 aliphatic rings. The second-order valence-corrected chi connectivity index (χ2v) is 5.44. The van der Waals surface area contributed by atoms with Gasteiger partial charge in [0.15, 0.2) is 0 Å². The van der Waals surface area contributed by atoms with Crippen LogP contribution in [0.25, 0.3) is 11.7 Å². The van der Waals surface area contributed by atoms with Crippen molar-refractivity contribution in [1.29, 1.82) is 0 Å². The van der Waals surface area contributed by atoms with Crippen LogP contribution in [0, 0.1) is 13.8 Å². The number of aromatic nitrogens is 2. The van der Waals surface area contributed by atoms with Gasteiger partial charge in [0.2, 0.25) is 5.88 Å². The highest BCUT2D eigenvalue weighted by molar-refractivity contribution is 5.59. The van der Waals surface area contributed by atoms with Crippen LogP contribution in [0.4, 0.5) is 0 Å². The van der Waals surface area contributed by atoms with Gasteiger partial charge in [-0.05, 0) is 56.2 Å². The SMILES string of the molecule is C/C=C\c1c(Oc2cccc(C)c2)nc2c(C)cccn2c1=O. The highest BCUT2D eigenvalue weighted by Gasteiger charge is 2.13. The third-order valence-electron chi connectivity index (χ3n) is 3.59. The Balaban J connectivity index is 2.24. The first-order chi connectivity index (χ1) is 11.1. The van der Waals surface area contributed by atoms with Crippen molar-refractivity contribution in [2.45, 2.75) is 20.8 Å². The van der Waals surface area contributed by atoms with E-state index >= 15 is 0 Å². The first-order valence-electron chi connectivity index (χ1n) is 7.49. The van der Waals surface area contributed by atoms with E-state index in [4.69, 9.17) is 4.74 Å². The first kappa shape index (κ1) is 15.0. The molecule has 0 fully saturated rings. The van der Waals surface area contributed by atoms with E-state index in [-0.39, 0.29) is 5.56 Å². The van der Waals surface area contributed by atoms with E-state index in [0.29, 0.717) is 22.8 Å². The number of ether oxygens (including phenoxy) is 1. The van der Waals surface area contributed by atoms with E-state index in [1.165, 1.54) is 0 Å². The van der Waals surface area contributed by atoms with Crippen molar-refractivity contribution in [2.75, 3.05) is 0 Å². The summed E-state index contributed by atoms with van der Waals surface area (Å²) in [6.07, 6.45) is 5.26. The molecule has 116 valence electrons. The van der Waals surface area contributed by atoms with E-state index in [1.54, 1.807) is 16.7 Å². The Morgan fingerprint density at radius 1 is 1.17 bits per heavy atom. The number of nitrogens with zero attached hydrogens (tertiary/aromatic N) is 2. The number of allylic oxidation sites excluding steroid dienone is 1. The number of hydrogen-bond donors (Lipinski definition) is 0. The fraction of sp³-hybridized carbons (Fsp3) is 0.158. The molecule has 4 heteroatoms. The molecule has 0 amide bonds. The standard InChI is InChI=1S/C19H18N2O2/c1-4-7-16-18(23-15-10-5-8-13(2)12-15)20-17-14(3)9-6-11-21(17)19(16)22/h4-12H,1-3H3/b7-4-. The van der Waals surface area contributed by atoms with Crippen LogP contribution >= 0.6 is 0 Å². The Labute approximate surface area is 134 Å². The van der Waals surface area contributed by atoms with Gasteiger partial charge in [-0.1, -0.05) is 24.3 Å². The van der Waals surface area contributed by atoms with Crippen molar-refractivity contribution in [2.24, 2.45) is 0 Å². The average molecular weight is 306 g/mol. The number of rotatable bonds is 3. The molecule has 2 heterocycles. The predicted octanol–water partition coefficient (Wildman–Crippen LogP) is 4.14. The van der Waals surface area contributed by atoms with Crippen LogP contribution in [0.15, 0.2) is 53.5 Å². The molecule has 1 aromatic carbocycles. The Morgan fingerprint density at radius 2 is 2.00 bits per heavy atom. The second-order valence-electron chi connectivity index (χ2n) is 5.44. The van der Waals surface area contributed by atoms with Gasteiger partial charge in [-0.3, -0.25) is 9.20 Å². The summed E-state index contributed by atoms with van der Waals surface area (Å²) in [4.78, 5) is 17.3. The van der Waals surface area contributed by atoms with Crippen LogP contribution in [0.5, 0.6) is 11.6 Å². The molecule has 0 aliphatic carbocycles. The molecule has 0 aliphatic heterocycles. The minimum atomic E-state index is -0.139. The van der Waals surface area contributed by atoms with Crippen molar-refractivity contribution in [1.82, 2.24) is 9.38 Å². The molecular formula is C19H18N2O2. The largest absolute Gasteiger partial charge is 0.438 e. The summed E-state index contributed by atoms with van der Waals surface area (Å²) in [6, 6.07) is 11.4. The third-order valence-corrected chi connectivity index (χ3v) is 3.59. The Hall–Kier alpha value is -2.88. The van der Waals surface area contributed by atoms with Crippen LogP contribution in [0.3, 0.4) is 0 Å². The third kappa shape index (κ3) is 2.88. The maximum atomic E-state index is 12.7. The summed E-state index contributed by atoms with van der Waals surface area (Å²) in [5, 5.41) is 0. The minimum absolute atomic E-state index is 0.139. The van der Waals surface area contributed by atoms with Crippen LogP contribution < -0.4 is 10.3 Å².